The van der Waals surface area contributed by atoms with Crippen molar-refractivity contribution in [3.05, 3.63) is 58.4 Å². The molecule has 0 radical (unpaired) electrons. The van der Waals surface area contributed by atoms with Gasteiger partial charge in [-0.25, -0.2) is 4.79 Å². The van der Waals surface area contributed by atoms with Crippen LogP contribution in [0.3, 0.4) is 0 Å². The van der Waals surface area contributed by atoms with Crippen molar-refractivity contribution in [2.24, 2.45) is 0 Å². The van der Waals surface area contributed by atoms with Crippen LogP contribution < -0.4 is 4.74 Å². The number of aromatic nitrogens is 1. The van der Waals surface area contributed by atoms with Crippen molar-refractivity contribution in [3.8, 4) is 5.75 Å². The molecule has 32 heavy (non-hydrogen) atoms. The number of ether oxygens (including phenoxy) is 2. The Morgan fingerprint density at radius 2 is 1.91 bits per heavy atom. The van der Waals surface area contributed by atoms with Gasteiger partial charge in [-0.1, -0.05) is 23.7 Å². The van der Waals surface area contributed by atoms with Crippen LogP contribution in [0.4, 0.5) is 4.79 Å². The molecule has 0 bridgehead atoms. The Morgan fingerprint density at radius 3 is 2.62 bits per heavy atom. The highest BCUT2D eigenvalue weighted by molar-refractivity contribution is 6.32. The number of benzene rings is 1. The van der Waals surface area contributed by atoms with Gasteiger partial charge in [0.1, 0.15) is 18.0 Å². The zero-order valence-electron chi connectivity index (χ0n) is 19.3. The molecule has 5 nitrogen and oxygen atoms in total. The van der Waals surface area contributed by atoms with E-state index in [1.165, 1.54) is 18.4 Å². The van der Waals surface area contributed by atoms with Gasteiger partial charge in [-0.05, 0) is 88.6 Å². The molecule has 2 fully saturated rings. The Morgan fingerprint density at radius 1 is 1.12 bits per heavy atom. The Labute approximate surface area is 196 Å². The van der Waals surface area contributed by atoms with E-state index < -0.39 is 5.60 Å². The highest BCUT2D eigenvalue weighted by Gasteiger charge is 2.30. The standard InChI is InChI=1S/C26H33ClN2O3/c1-26(2,3)32-25(30)29-14-5-4-9-22(29)16-20-7-6-8-21(28-20)17-31-24-13-12-19(15-23(24)27)18-10-11-18/h6-8,12-13,15,18,22H,4-5,9-11,14,16-17H2,1-3H3. The van der Waals surface area contributed by atoms with Gasteiger partial charge in [0, 0.05) is 24.7 Å². The maximum atomic E-state index is 12.7. The molecule has 6 heteroatoms. The zero-order chi connectivity index (χ0) is 22.7. The normalized spacial score (nSPS) is 19.0. The number of pyridine rings is 1. The summed E-state index contributed by atoms with van der Waals surface area (Å²) < 4.78 is 11.6. The highest BCUT2D eigenvalue weighted by atomic mass is 35.5. The van der Waals surface area contributed by atoms with E-state index in [-0.39, 0.29) is 12.1 Å². The smallest absolute Gasteiger partial charge is 0.410 e. The van der Waals surface area contributed by atoms with E-state index in [2.05, 4.69) is 6.07 Å². The summed E-state index contributed by atoms with van der Waals surface area (Å²) in [6.07, 6.45) is 6.07. The van der Waals surface area contributed by atoms with Crippen molar-refractivity contribution in [2.75, 3.05) is 6.54 Å². The van der Waals surface area contributed by atoms with E-state index in [1.54, 1.807) is 0 Å². The average Bonchev–Trinajstić information content (AvgIpc) is 3.58. The van der Waals surface area contributed by atoms with Gasteiger partial charge in [-0.15, -0.1) is 0 Å². The van der Waals surface area contributed by atoms with Crippen molar-refractivity contribution in [1.29, 1.82) is 0 Å². The van der Waals surface area contributed by atoms with Gasteiger partial charge in [-0.2, -0.15) is 0 Å². The third kappa shape index (κ3) is 6.16. The van der Waals surface area contributed by atoms with E-state index in [1.807, 2.05) is 56.0 Å². The molecule has 1 aromatic heterocycles. The van der Waals surface area contributed by atoms with Gasteiger partial charge in [0.05, 0.1) is 10.7 Å². The fourth-order valence-corrected chi connectivity index (χ4v) is 4.44. The number of nitrogens with zero attached hydrogens (tertiary/aromatic N) is 2. The van der Waals surface area contributed by atoms with E-state index in [4.69, 9.17) is 26.1 Å². The number of carbonyl (C=O) groups excluding carboxylic acids is 1. The molecule has 2 heterocycles. The van der Waals surface area contributed by atoms with Gasteiger partial charge in [0.2, 0.25) is 0 Å². The summed E-state index contributed by atoms with van der Waals surface area (Å²) in [6, 6.07) is 12.2. The minimum atomic E-state index is -0.493. The zero-order valence-corrected chi connectivity index (χ0v) is 20.0. The largest absolute Gasteiger partial charge is 0.486 e. The summed E-state index contributed by atoms with van der Waals surface area (Å²) in [5.41, 5.74) is 2.61. The van der Waals surface area contributed by atoms with Gasteiger partial charge in [0.25, 0.3) is 0 Å². The van der Waals surface area contributed by atoms with Crippen LogP contribution in [-0.2, 0) is 17.8 Å². The van der Waals surface area contributed by atoms with Crippen LogP contribution in [0.1, 0.15) is 75.7 Å². The van der Waals surface area contributed by atoms with Gasteiger partial charge in [-0.3, -0.25) is 4.98 Å². The molecule has 1 saturated heterocycles. The number of amides is 1. The fraction of sp³-hybridized carbons (Fsp3) is 0.538. The Balaban J connectivity index is 1.38. The number of carbonyl (C=O) groups is 1. The van der Waals surface area contributed by atoms with E-state index in [0.29, 0.717) is 29.7 Å². The van der Waals surface area contributed by atoms with Crippen LogP contribution in [0, 0.1) is 0 Å². The topological polar surface area (TPSA) is 51.7 Å². The summed E-state index contributed by atoms with van der Waals surface area (Å²) in [7, 11) is 0. The lowest BCUT2D eigenvalue weighted by Crippen LogP contribution is -2.47. The second kappa shape index (κ2) is 9.70. The number of likely N-dealkylation sites (tertiary alicyclic amines) is 1. The molecule has 1 aliphatic heterocycles. The summed E-state index contributed by atoms with van der Waals surface area (Å²) >= 11 is 6.42. The first kappa shape index (κ1) is 22.9. The third-order valence-corrected chi connectivity index (χ3v) is 6.24. The molecule has 1 atom stereocenters. The van der Waals surface area contributed by atoms with Crippen LogP contribution in [0.15, 0.2) is 36.4 Å². The molecule has 1 aliphatic carbocycles. The van der Waals surface area contributed by atoms with Gasteiger partial charge < -0.3 is 14.4 Å². The average molecular weight is 457 g/mol. The Bertz CT molecular complexity index is 952. The summed E-state index contributed by atoms with van der Waals surface area (Å²) in [6.45, 7) is 6.80. The predicted octanol–water partition coefficient (Wildman–Crippen LogP) is 6.52. The maximum Gasteiger partial charge on any atom is 0.410 e. The molecular formula is C26H33ClN2O3. The molecule has 1 unspecified atom stereocenters. The maximum absolute atomic E-state index is 12.7. The molecule has 1 saturated carbocycles. The molecule has 172 valence electrons. The molecule has 2 aliphatic rings. The number of rotatable bonds is 6. The number of halogens is 1. The van der Waals surface area contributed by atoms with Crippen LogP contribution in [0.5, 0.6) is 5.75 Å². The predicted molar refractivity (Wildman–Crippen MR) is 126 cm³/mol. The highest BCUT2D eigenvalue weighted by Crippen LogP contribution is 2.42. The lowest BCUT2D eigenvalue weighted by atomic mass is 9.98. The minimum absolute atomic E-state index is 0.103. The second-order valence-electron chi connectivity index (χ2n) is 9.90. The van der Waals surface area contributed by atoms with Crippen molar-refractivity contribution in [3.63, 3.8) is 0 Å². The minimum Gasteiger partial charge on any atom is -0.486 e. The number of piperidine rings is 1. The van der Waals surface area contributed by atoms with E-state index >= 15 is 0 Å². The van der Waals surface area contributed by atoms with Gasteiger partial charge in [0.15, 0.2) is 0 Å². The van der Waals surface area contributed by atoms with Crippen molar-refractivity contribution in [1.82, 2.24) is 9.88 Å². The third-order valence-electron chi connectivity index (χ3n) is 5.94. The van der Waals surface area contributed by atoms with Crippen molar-refractivity contribution in [2.45, 2.75) is 83.5 Å². The van der Waals surface area contributed by atoms with Crippen molar-refractivity contribution < 1.29 is 14.3 Å². The molecule has 0 N–H and O–H groups in total. The van der Waals surface area contributed by atoms with Crippen LogP contribution in [-0.4, -0.2) is 34.2 Å². The monoisotopic (exact) mass is 456 g/mol. The molecule has 4 rings (SSSR count). The molecular weight excluding hydrogens is 424 g/mol. The SMILES string of the molecule is CC(C)(C)OC(=O)N1CCCCC1Cc1cccc(COc2ccc(C3CC3)cc2Cl)n1. The first-order chi connectivity index (χ1) is 15.3. The van der Waals surface area contributed by atoms with Crippen LogP contribution >= 0.6 is 11.6 Å². The van der Waals surface area contributed by atoms with Crippen LogP contribution in [0.25, 0.3) is 0 Å². The Kier molecular flexibility index (Phi) is 6.94. The molecule has 0 spiro atoms. The van der Waals surface area contributed by atoms with Gasteiger partial charge >= 0.3 is 6.09 Å². The molecule has 1 amide bonds. The Hall–Kier alpha value is -2.27. The summed E-state index contributed by atoms with van der Waals surface area (Å²) in [5.74, 6) is 1.35. The summed E-state index contributed by atoms with van der Waals surface area (Å²) in [5, 5.41) is 0.653. The van der Waals surface area contributed by atoms with E-state index in [9.17, 15) is 4.79 Å². The quantitative estimate of drug-likeness (QED) is 0.496. The first-order valence-corrected chi connectivity index (χ1v) is 12.0. The molecule has 1 aromatic carbocycles. The van der Waals surface area contributed by atoms with Crippen molar-refractivity contribution >= 4 is 17.7 Å². The first-order valence-electron chi connectivity index (χ1n) is 11.7. The van der Waals surface area contributed by atoms with E-state index in [0.717, 1.165) is 37.2 Å². The fourth-order valence-electron chi connectivity index (χ4n) is 4.19. The lowest BCUT2D eigenvalue weighted by Gasteiger charge is -2.36. The summed E-state index contributed by atoms with van der Waals surface area (Å²) in [4.78, 5) is 19.4. The number of hydrogen-bond donors (Lipinski definition) is 0. The molecule has 2 aromatic rings. The number of hydrogen-bond acceptors (Lipinski definition) is 4. The van der Waals surface area contributed by atoms with Crippen LogP contribution in [0.2, 0.25) is 5.02 Å². The second-order valence-corrected chi connectivity index (χ2v) is 10.3. The lowest BCUT2D eigenvalue weighted by molar-refractivity contribution is 0.00984.